The summed E-state index contributed by atoms with van der Waals surface area (Å²) in [5, 5.41) is 8.59. The van der Waals surface area contributed by atoms with Gasteiger partial charge in [-0.15, -0.1) is 0 Å². The molecule has 5 nitrogen and oxygen atoms in total. The molecule has 1 heterocycles. The molecule has 1 unspecified atom stereocenters. The number of aliphatic carboxylic acids is 1. The maximum Gasteiger partial charge on any atom is 0.328 e. The molecule has 5 heteroatoms. The number of carboxylic acids is 1. The molecule has 0 aliphatic carbocycles. The molecule has 0 fully saturated rings. The van der Waals surface area contributed by atoms with Gasteiger partial charge in [0.05, 0.1) is 12.6 Å². The molecule has 0 saturated carbocycles. The molecule has 0 spiro atoms. The predicted molar refractivity (Wildman–Crippen MR) is 75.4 cm³/mol. The second-order valence-electron chi connectivity index (χ2n) is 4.50. The minimum Gasteiger partial charge on any atom is -0.478 e. The van der Waals surface area contributed by atoms with Gasteiger partial charge in [0.2, 0.25) is 0 Å². The first kappa shape index (κ1) is 15.2. The maximum atomic E-state index is 10.5. The highest BCUT2D eigenvalue weighted by atomic mass is 16.5. The summed E-state index contributed by atoms with van der Waals surface area (Å²) in [5.74, 6) is -0.0930. The second-order valence-corrected chi connectivity index (χ2v) is 4.50. The molecule has 0 amide bonds. The molecule has 1 rings (SSSR count). The molecular weight excluding hydrogens is 244 g/mol. The van der Waals surface area contributed by atoms with E-state index in [0.717, 1.165) is 23.0 Å². The fourth-order valence-corrected chi connectivity index (χ4v) is 1.78. The van der Waals surface area contributed by atoms with Crippen molar-refractivity contribution in [3.8, 4) is 0 Å². The largest absolute Gasteiger partial charge is 0.478 e. The van der Waals surface area contributed by atoms with Gasteiger partial charge in [-0.2, -0.15) is 0 Å². The molecule has 0 radical (unpaired) electrons. The van der Waals surface area contributed by atoms with E-state index in [9.17, 15) is 4.79 Å². The van der Waals surface area contributed by atoms with E-state index in [1.54, 1.807) is 13.3 Å². The van der Waals surface area contributed by atoms with Crippen LogP contribution in [0.25, 0.3) is 6.08 Å². The Bertz CT molecular complexity index is 472. The summed E-state index contributed by atoms with van der Waals surface area (Å²) in [6.07, 6.45) is 4.30. The highest BCUT2D eigenvalue weighted by molar-refractivity contribution is 5.85. The highest BCUT2D eigenvalue weighted by Crippen LogP contribution is 2.19. The Kier molecular flexibility index (Phi) is 5.51. The van der Waals surface area contributed by atoms with Crippen LogP contribution in [0.5, 0.6) is 0 Å². The standard InChI is InChI=1S/C14H20N2O3/c1-10-7-12(5-6-13(17)18)8-15-14(10)16(3)11(2)9-19-4/h5-8,11H,9H2,1-4H3,(H,17,18)/b6-5+. The Balaban J connectivity index is 2.91. The van der Waals surface area contributed by atoms with E-state index < -0.39 is 5.97 Å². The summed E-state index contributed by atoms with van der Waals surface area (Å²) in [5.41, 5.74) is 1.77. The van der Waals surface area contributed by atoms with Crippen molar-refractivity contribution in [3.63, 3.8) is 0 Å². The van der Waals surface area contributed by atoms with Crippen molar-refractivity contribution in [2.45, 2.75) is 19.9 Å². The zero-order valence-electron chi connectivity index (χ0n) is 11.8. The first-order valence-electron chi connectivity index (χ1n) is 6.05. The van der Waals surface area contributed by atoms with Crippen LogP contribution in [0, 0.1) is 6.92 Å². The van der Waals surface area contributed by atoms with Crippen LogP contribution in [-0.2, 0) is 9.53 Å². The van der Waals surface area contributed by atoms with Crippen LogP contribution in [0.2, 0.25) is 0 Å². The Hall–Kier alpha value is -1.88. The number of nitrogens with zero attached hydrogens (tertiary/aromatic N) is 2. The number of carbonyl (C=O) groups is 1. The fourth-order valence-electron chi connectivity index (χ4n) is 1.78. The average molecular weight is 264 g/mol. The molecule has 1 N–H and O–H groups in total. The summed E-state index contributed by atoms with van der Waals surface area (Å²) in [6.45, 7) is 4.64. The number of aryl methyl sites for hydroxylation is 1. The summed E-state index contributed by atoms with van der Waals surface area (Å²) in [6, 6.07) is 2.13. The lowest BCUT2D eigenvalue weighted by molar-refractivity contribution is -0.131. The molecule has 19 heavy (non-hydrogen) atoms. The fraction of sp³-hybridized carbons (Fsp3) is 0.429. The van der Waals surface area contributed by atoms with E-state index in [2.05, 4.69) is 11.9 Å². The van der Waals surface area contributed by atoms with Crippen molar-refractivity contribution < 1.29 is 14.6 Å². The van der Waals surface area contributed by atoms with Gasteiger partial charge in [-0.05, 0) is 37.1 Å². The number of methoxy groups -OCH3 is 1. The van der Waals surface area contributed by atoms with Gasteiger partial charge in [-0.1, -0.05) is 0 Å². The molecule has 0 aliphatic heterocycles. The Morgan fingerprint density at radius 1 is 1.63 bits per heavy atom. The number of ether oxygens (including phenoxy) is 1. The van der Waals surface area contributed by atoms with Crippen molar-refractivity contribution in [1.29, 1.82) is 0 Å². The van der Waals surface area contributed by atoms with E-state index in [-0.39, 0.29) is 6.04 Å². The highest BCUT2D eigenvalue weighted by Gasteiger charge is 2.13. The summed E-state index contributed by atoms with van der Waals surface area (Å²) < 4.78 is 5.13. The van der Waals surface area contributed by atoms with Crippen LogP contribution in [0.1, 0.15) is 18.1 Å². The zero-order chi connectivity index (χ0) is 14.4. The van der Waals surface area contributed by atoms with Crippen LogP contribution in [0.3, 0.4) is 0 Å². The lowest BCUT2D eigenvalue weighted by Crippen LogP contribution is -2.33. The summed E-state index contributed by atoms with van der Waals surface area (Å²) in [4.78, 5) is 16.9. The number of pyridine rings is 1. The molecule has 0 bridgehead atoms. The summed E-state index contributed by atoms with van der Waals surface area (Å²) >= 11 is 0. The number of rotatable bonds is 6. The number of aromatic nitrogens is 1. The monoisotopic (exact) mass is 264 g/mol. The van der Waals surface area contributed by atoms with Gasteiger partial charge in [-0.3, -0.25) is 0 Å². The van der Waals surface area contributed by atoms with Crippen LogP contribution >= 0.6 is 0 Å². The van der Waals surface area contributed by atoms with Crippen LogP contribution < -0.4 is 4.90 Å². The molecule has 0 aromatic carbocycles. The van der Waals surface area contributed by atoms with Gasteiger partial charge in [-0.25, -0.2) is 9.78 Å². The Morgan fingerprint density at radius 2 is 2.32 bits per heavy atom. The topological polar surface area (TPSA) is 62.7 Å². The van der Waals surface area contributed by atoms with Crippen molar-refractivity contribution in [3.05, 3.63) is 29.5 Å². The van der Waals surface area contributed by atoms with E-state index in [1.165, 1.54) is 6.08 Å². The molecule has 1 atom stereocenters. The smallest absolute Gasteiger partial charge is 0.328 e. The third kappa shape index (κ3) is 4.37. The van der Waals surface area contributed by atoms with Crippen LogP contribution in [-0.4, -0.2) is 42.9 Å². The average Bonchev–Trinajstić information content (AvgIpc) is 2.36. The molecule has 104 valence electrons. The first-order valence-corrected chi connectivity index (χ1v) is 6.05. The number of hydrogen-bond donors (Lipinski definition) is 1. The molecule has 1 aromatic rings. The molecule has 1 aromatic heterocycles. The van der Waals surface area contributed by atoms with Gasteiger partial charge >= 0.3 is 5.97 Å². The number of anilines is 1. The normalized spacial score (nSPS) is 12.6. The maximum absolute atomic E-state index is 10.5. The third-order valence-electron chi connectivity index (χ3n) is 2.89. The molecule has 0 aliphatic rings. The van der Waals surface area contributed by atoms with Gasteiger partial charge in [0.15, 0.2) is 0 Å². The van der Waals surface area contributed by atoms with Crippen molar-refractivity contribution in [2.24, 2.45) is 0 Å². The third-order valence-corrected chi connectivity index (χ3v) is 2.89. The van der Waals surface area contributed by atoms with E-state index >= 15 is 0 Å². The van der Waals surface area contributed by atoms with E-state index in [0.29, 0.717) is 6.61 Å². The number of likely N-dealkylation sites (N-methyl/N-ethyl adjacent to an activating group) is 1. The molecular formula is C14H20N2O3. The van der Waals surface area contributed by atoms with Crippen LogP contribution in [0.4, 0.5) is 5.82 Å². The minimum atomic E-state index is -0.965. The van der Waals surface area contributed by atoms with Crippen molar-refractivity contribution in [1.82, 2.24) is 4.98 Å². The summed E-state index contributed by atoms with van der Waals surface area (Å²) in [7, 11) is 3.64. The quantitative estimate of drug-likeness (QED) is 0.796. The van der Waals surface area contributed by atoms with Crippen LogP contribution in [0.15, 0.2) is 18.3 Å². The lowest BCUT2D eigenvalue weighted by atomic mass is 10.1. The minimum absolute atomic E-state index is 0.219. The SMILES string of the molecule is COCC(C)N(C)c1ncc(/C=C/C(=O)O)cc1C. The first-order chi connectivity index (χ1) is 8.95. The van der Waals surface area contributed by atoms with Crippen molar-refractivity contribution in [2.75, 3.05) is 25.7 Å². The molecule has 0 saturated heterocycles. The van der Waals surface area contributed by atoms with E-state index in [4.69, 9.17) is 9.84 Å². The Labute approximate surface area is 113 Å². The van der Waals surface area contributed by atoms with Gasteiger partial charge < -0.3 is 14.7 Å². The van der Waals surface area contributed by atoms with Gasteiger partial charge in [0.1, 0.15) is 5.82 Å². The predicted octanol–water partition coefficient (Wildman–Crippen LogP) is 1.96. The van der Waals surface area contributed by atoms with Gasteiger partial charge in [0, 0.05) is 26.4 Å². The number of carboxylic acid groups (broad SMARTS) is 1. The Morgan fingerprint density at radius 3 is 2.84 bits per heavy atom. The zero-order valence-corrected chi connectivity index (χ0v) is 11.8. The lowest BCUT2D eigenvalue weighted by Gasteiger charge is -2.26. The van der Waals surface area contributed by atoms with Gasteiger partial charge in [0.25, 0.3) is 0 Å². The number of hydrogen-bond acceptors (Lipinski definition) is 4. The second kappa shape index (κ2) is 6.89. The van der Waals surface area contributed by atoms with Crippen molar-refractivity contribution >= 4 is 17.9 Å². The van der Waals surface area contributed by atoms with E-state index in [1.807, 2.05) is 24.9 Å².